The molecule has 2 amide bonds. The molecule has 0 bridgehead atoms. The van der Waals surface area contributed by atoms with Gasteiger partial charge >= 0.3 is 6.03 Å². The van der Waals surface area contributed by atoms with Crippen molar-refractivity contribution in [1.29, 1.82) is 0 Å². The number of hydrogen-bond donors (Lipinski definition) is 1. The molecule has 6 nitrogen and oxygen atoms in total. The van der Waals surface area contributed by atoms with Gasteiger partial charge in [0.05, 0.1) is 6.54 Å². The zero-order chi connectivity index (χ0) is 16.1. The molecule has 1 aromatic heterocycles. The lowest BCUT2D eigenvalue weighted by molar-refractivity contribution is 0.102. The average Bonchev–Trinajstić information content (AvgIpc) is 2.56. The van der Waals surface area contributed by atoms with Crippen LogP contribution in [0.2, 0.25) is 0 Å². The van der Waals surface area contributed by atoms with Gasteiger partial charge in [0, 0.05) is 24.5 Å². The lowest BCUT2D eigenvalue weighted by Gasteiger charge is -2.32. The van der Waals surface area contributed by atoms with Crippen molar-refractivity contribution in [2.75, 3.05) is 18.4 Å². The Bertz CT molecular complexity index is 663. The van der Waals surface area contributed by atoms with E-state index < -0.39 is 0 Å². The maximum Gasteiger partial charge on any atom is 0.321 e. The van der Waals surface area contributed by atoms with Crippen molar-refractivity contribution in [3.8, 4) is 5.88 Å². The molecule has 1 aromatic carbocycles. The van der Waals surface area contributed by atoms with Crippen LogP contribution in [0.15, 0.2) is 42.9 Å². The van der Waals surface area contributed by atoms with E-state index in [9.17, 15) is 4.79 Å². The van der Waals surface area contributed by atoms with E-state index in [1.807, 2.05) is 31.2 Å². The molecule has 6 heteroatoms. The first-order valence-corrected chi connectivity index (χ1v) is 7.76. The minimum atomic E-state index is -0.0911. The Balaban J connectivity index is 1.58. The third-order valence-electron chi connectivity index (χ3n) is 3.78. The lowest BCUT2D eigenvalue weighted by atomic mass is 10.1. The van der Waals surface area contributed by atoms with Crippen molar-refractivity contribution >= 4 is 11.7 Å². The summed E-state index contributed by atoms with van der Waals surface area (Å²) in [6.45, 7) is 3.30. The molecule has 1 saturated heterocycles. The summed E-state index contributed by atoms with van der Waals surface area (Å²) in [5, 5.41) is 2.94. The Morgan fingerprint density at radius 3 is 3.09 bits per heavy atom. The zero-order valence-corrected chi connectivity index (χ0v) is 13.1. The number of urea groups is 1. The topological polar surface area (TPSA) is 67.4 Å². The minimum Gasteiger partial charge on any atom is -0.472 e. The number of carbonyl (C=O) groups excluding carboxylic acids is 1. The minimum absolute atomic E-state index is 0.0399. The Morgan fingerprint density at radius 1 is 1.39 bits per heavy atom. The van der Waals surface area contributed by atoms with Crippen molar-refractivity contribution in [3.05, 3.63) is 48.4 Å². The van der Waals surface area contributed by atoms with E-state index in [1.165, 1.54) is 6.33 Å². The molecule has 1 atom stereocenters. The third-order valence-corrected chi connectivity index (χ3v) is 3.78. The number of piperidine rings is 1. The van der Waals surface area contributed by atoms with Crippen LogP contribution in [-0.2, 0) is 0 Å². The molecular formula is C17H20N4O2. The summed E-state index contributed by atoms with van der Waals surface area (Å²) < 4.78 is 5.83. The number of ether oxygens (including phenoxy) is 1. The van der Waals surface area contributed by atoms with Gasteiger partial charge in [0.1, 0.15) is 12.4 Å². The average molecular weight is 312 g/mol. The van der Waals surface area contributed by atoms with E-state index in [2.05, 4.69) is 15.3 Å². The molecule has 3 rings (SSSR count). The normalized spacial score (nSPS) is 17.6. The number of aromatic nitrogens is 2. The van der Waals surface area contributed by atoms with Crippen molar-refractivity contribution in [3.63, 3.8) is 0 Å². The Morgan fingerprint density at radius 2 is 2.30 bits per heavy atom. The maximum absolute atomic E-state index is 12.4. The standard InChI is InChI=1S/C17H20N4O2/c1-13-4-2-5-14(10-13)20-17(22)21-9-3-6-15(11-21)23-16-7-8-18-12-19-16/h2,4-5,7-8,10,12,15H,3,6,9,11H2,1H3,(H,20,22). The van der Waals surface area contributed by atoms with Crippen LogP contribution in [0.3, 0.4) is 0 Å². The van der Waals surface area contributed by atoms with E-state index in [-0.39, 0.29) is 12.1 Å². The number of nitrogens with one attached hydrogen (secondary N) is 1. The first-order valence-electron chi connectivity index (χ1n) is 7.76. The summed E-state index contributed by atoms with van der Waals surface area (Å²) in [6, 6.07) is 9.42. The second-order valence-electron chi connectivity index (χ2n) is 5.68. The number of hydrogen-bond acceptors (Lipinski definition) is 4. The second-order valence-corrected chi connectivity index (χ2v) is 5.68. The van der Waals surface area contributed by atoms with Gasteiger partial charge in [-0.2, -0.15) is 0 Å². The van der Waals surface area contributed by atoms with E-state index in [0.29, 0.717) is 12.4 Å². The molecule has 0 spiro atoms. The largest absolute Gasteiger partial charge is 0.472 e. The molecule has 2 heterocycles. The van der Waals surface area contributed by atoms with E-state index in [0.717, 1.165) is 30.6 Å². The van der Waals surface area contributed by atoms with Crippen LogP contribution in [0.1, 0.15) is 18.4 Å². The van der Waals surface area contributed by atoms with Crippen LogP contribution in [0.4, 0.5) is 10.5 Å². The highest BCUT2D eigenvalue weighted by atomic mass is 16.5. The highest BCUT2D eigenvalue weighted by Gasteiger charge is 2.25. The molecule has 1 unspecified atom stereocenters. The number of carbonyl (C=O) groups is 1. The van der Waals surface area contributed by atoms with Crippen LogP contribution in [0, 0.1) is 6.92 Å². The number of rotatable bonds is 3. The summed E-state index contributed by atoms with van der Waals surface area (Å²) in [5.74, 6) is 0.547. The van der Waals surface area contributed by atoms with E-state index in [1.54, 1.807) is 17.2 Å². The van der Waals surface area contributed by atoms with Gasteiger partial charge in [-0.25, -0.2) is 14.8 Å². The Hall–Kier alpha value is -2.63. The highest BCUT2D eigenvalue weighted by molar-refractivity contribution is 5.89. The van der Waals surface area contributed by atoms with Gasteiger partial charge < -0.3 is 15.0 Å². The molecule has 0 aliphatic carbocycles. The Labute approximate surface area is 135 Å². The van der Waals surface area contributed by atoms with E-state index >= 15 is 0 Å². The summed E-state index contributed by atoms with van der Waals surface area (Å²) >= 11 is 0. The molecule has 0 saturated carbocycles. The quantitative estimate of drug-likeness (QED) is 0.946. The molecule has 1 N–H and O–H groups in total. The maximum atomic E-state index is 12.4. The van der Waals surface area contributed by atoms with Crippen LogP contribution in [0.25, 0.3) is 0 Å². The number of amides is 2. The summed E-state index contributed by atoms with van der Waals surface area (Å²) in [5.41, 5.74) is 1.93. The van der Waals surface area contributed by atoms with Gasteiger partial charge in [-0.3, -0.25) is 0 Å². The number of nitrogens with zero attached hydrogens (tertiary/aromatic N) is 3. The van der Waals surface area contributed by atoms with Crippen molar-refractivity contribution in [2.45, 2.75) is 25.9 Å². The van der Waals surface area contributed by atoms with Gasteiger partial charge in [0.15, 0.2) is 0 Å². The lowest BCUT2D eigenvalue weighted by Crippen LogP contribution is -2.46. The highest BCUT2D eigenvalue weighted by Crippen LogP contribution is 2.17. The van der Waals surface area contributed by atoms with E-state index in [4.69, 9.17) is 4.74 Å². The van der Waals surface area contributed by atoms with Crippen molar-refractivity contribution in [2.24, 2.45) is 0 Å². The van der Waals surface area contributed by atoms with Crippen LogP contribution in [0.5, 0.6) is 5.88 Å². The molecule has 1 aliphatic heterocycles. The van der Waals surface area contributed by atoms with Crippen LogP contribution < -0.4 is 10.1 Å². The second kappa shape index (κ2) is 7.09. The number of likely N-dealkylation sites (tertiary alicyclic amines) is 1. The molecule has 2 aromatic rings. The molecule has 23 heavy (non-hydrogen) atoms. The first kappa shape index (κ1) is 15.3. The smallest absolute Gasteiger partial charge is 0.321 e. The monoisotopic (exact) mass is 312 g/mol. The molecule has 1 fully saturated rings. The number of aryl methyl sites for hydroxylation is 1. The zero-order valence-electron chi connectivity index (χ0n) is 13.1. The predicted octanol–water partition coefficient (Wildman–Crippen LogP) is 2.86. The number of benzene rings is 1. The molecular weight excluding hydrogens is 292 g/mol. The summed E-state index contributed by atoms with van der Waals surface area (Å²) in [4.78, 5) is 22.1. The van der Waals surface area contributed by atoms with Crippen molar-refractivity contribution < 1.29 is 9.53 Å². The fourth-order valence-corrected chi connectivity index (χ4v) is 2.66. The van der Waals surface area contributed by atoms with Crippen LogP contribution in [-0.4, -0.2) is 40.1 Å². The fraction of sp³-hybridized carbons (Fsp3) is 0.353. The van der Waals surface area contributed by atoms with Gasteiger partial charge in [-0.15, -0.1) is 0 Å². The Kier molecular flexibility index (Phi) is 4.71. The summed E-state index contributed by atoms with van der Waals surface area (Å²) in [6.07, 6.45) is 4.89. The fourth-order valence-electron chi connectivity index (χ4n) is 2.66. The first-order chi connectivity index (χ1) is 11.2. The summed E-state index contributed by atoms with van der Waals surface area (Å²) in [7, 11) is 0. The van der Waals surface area contributed by atoms with Gasteiger partial charge in [-0.05, 0) is 37.5 Å². The van der Waals surface area contributed by atoms with Gasteiger partial charge in [-0.1, -0.05) is 12.1 Å². The van der Waals surface area contributed by atoms with Crippen molar-refractivity contribution in [1.82, 2.24) is 14.9 Å². The SMILES string of the molecule is Cc1cccc(NC(=O)N2CCCC(Oc3ccncn3)C2)c1. The van der Waals surface area contributed by atoms with Gasteiger partial charge in [0.2, 0.25) is 5.88 Å². The third kappa shape index (κ3) is 4.18. The predicted molar refractivity (Wildman–Crippen MR) is 87.5 cm³/mol. The molecule has 0 radical (unpaired) electrons. The number of anilines is 1. The van der Waals surface area contributed by atoms with Gasteiger partial charge in [0.25, 0.3) is 0 Å². The van der Waals surface area contributed by atoms with Crippen LogP contribution >= 0.6 is 0 Å². The molecule has 1 aliphatic rings. The molecule has 120 valence electrons.